The Labute approximate surface area is 211 Å². The summed E-state index contributed by atoms with van der Waals surface area (Å²) in [5.41, 5.74) is 3.09. The van der Waals surface area contributed by atoms with Crippen LogP contribution in [0.2, 0.25) is 0 Å². The first-order valence-corrected chi connectivity index (χ1v) is 15.3. The van der Waals surface area contributed by atoms with Crippen molar-refractivity contribution in [2.75, 3.05) is 39.4 Å². The first-order valence-electron chi connectivity index (χ1n) is 13.1. The van der Waals surface area contributed by atoms with E-state index in [2.05, 4.69) is 113 Å². The van der Waals surface area contributed by atoms with Gasteiger partial charge in [-0.15, -0.1) is 0 Å². The van der Waals surface area contributed by atoms with Crippen molar-refractivity contribution in [3.8, 4) is 0 Å². The van der Waals surface area contributed by atoms with Gasteiger partial charge in [0.05, 0.1) is 0 Å². The molecule has 3 aromatic rings. The van der Waals surface area contributed by atoms with E-state index in [1.54, 1.807) is 0 Å². The minimum absolute atomic E-state index is 0.163. The molecule has 0 bridgehead atoms. The van der Waals surface area contributed by atoms with Gasteiger partial charge in [-0.2, -0.15) is 0 Å². The molecule has 0 spiro atoms. The molecule has 1 aliphatic rings. The molecule has 0 unspecified atom stereocenters. The first-order chi connectivity index (χ1) is 17.2. The van der Waals surface area contributed by atoms with Crippen LogP contribution in [-0.2, 0) is 4.79 Å². The summed E-state index contributed by atoms with van der Waals surface area (Å²) in [6.45, 7) is 3.84. The molecular weight excluding hydrogens is 449 g/mol. The fourth-order valence-corrected chi connectivity index (χ4v) is 10.2. The predicted octanol–water partition coefficient (Wildman–Crippen LogP) is 3.94. The van der Waals surface area contributed by atoms with Crippen LogP contribution in [0.5, 0.6) is 0 Å². The van der Waals surface area contributed by atoms with E-state index in [1.807, 2.05) is 0 Å². The Balaban J connectivity index is 1.37. The number of hydrogen-bond acceptors (Lipinski definition) is 3. The van der Waals surface area contributed by atoms with Gasteiger partial charge in [0.15, 0.2) is 0 Å². The molecule has 1 N–H and O–H groups in total. The van der Waals surface area contributed by atoms with Gasteiger partial charge in [-0.05, 0) is 7.05 Å². The molecule has 1 amide bonds. The monoisotopic (exact) mass is 489 g/mol. The average molecular weight is 490 g/mol. The first kappa shape index (κ1) is 25.6. The van der Waals surface area contributed by atoms with E-state index >= 15 is 0 Å². The summed E-state index contributed by atoms with van der Waals surface area (Å²) in [5, 5.41) is 6.50. The van der Waals surface area contributed by atoms with Gasteiger partial charge in [-0.25, -0.2) is 0 Å². The summed E-state index contributed by atoms with van der Waals surface area (Å²) in [7, 11) is -0.00184. The van der Waals surface area contributed by atoms with Gasteiger partial charge in [0.2, 0.25) is 0 Å². The normalized spacial score (nSPS) is 15.6. The Hall–Kier alpha value is -2.52. The summed E-state index contributed by atoms with van der Waals surface area (Å²) in [6.07, 6.45) is 6.17. The molecule has 4 nitrogen and oxygen atoms in total. The van der Waals surface area contributed by atoms with E-state index < -0.39 is 7.26 Å². The van der Waals surface area contributed by atoms with E-state index in [4.69, 9.17) is 0 Å². The molecule has 3 aromatic carbocycles. The Morgan fingerprint density at radius 3 is 1.63 bits per heavy atom. The molecule has 0 aliphatic carbocycles. The van der Waals surface area contributed by atoms with Crippen molar-refractivity contribution in [1.29, 1.82) is 0 Å². The third-order valence-electron chi connectivity index (χ3n) is 7.29. The molecule has 5 heteroatoms. The van der Waals surface area contributed by atoms with Crippen LogP contribution in [-0.4, -0.2) is 55.2 Å². The van der Waals surface area contributed by atoms with Gasteiger partial charge in [-0.1, -0.05) is 0 Å². The van der Waals surface area contributed by atoms with E-state index in [0.717, 1.165) is 45.4 Å². The summed E-state index contributed by atoms with van der Waals surface area (Å²) >= 11 is 0. The van der Waals surface area contributed by atoms with E-state index in [-0.39, 0.29) is 5.91 Å². The number of likely N-dealkylation sites (N-methyl/N-ethyl adjacent to an activating group) is 1. The molecule has 186 valence electrons. The number of amides is 1. The summed E-state index contributed by atoms with van der Waals surface area (Å²) in [6, 6.07) is 33.4. The van der Waals surface area contributed by atoms with Gasteiger partial charge in [0.25, 0.3) is 0 Å². The Bertz CT molecular complexity index is 925. The molecule has 4 rings (SSSR count). The van der Waals surface area contributed by atoms with Crippen molar-refractivity contribution in [1.82, 2.24) is 15.3 Å². The van der Waals surface area contributed by atoms with Crippen LogP contribution in [0.3, 0.4) is 0 Å². The fraction of sp³-hybridized carbons (Fsp3) is 0.367. The Morgan fingerprint density at radius 2 is 1.14 bits per heavy atom. The average Bonchev–Trinajstić information content (AvgIpc) is 2.91. The van der Waals surface area contributed by atoms with Gasteiger partial charge in [0, 0.05) is 0 Å². The Kier molecular flexibility index (Phi) is 9.48. The number of nitrogens with zero attached hydrogens (tertiary/aromatic N) is 2. The predicted molar refractivity (Wildman–Crippen MR) is 152 cm³/mol. The molecule has 1 aliphatic heterocycles. The van der Waals surface area contributed by atoms with Crippen LogP contribution in [0.25, 0.3) is 0 Å². The van der Waals surface area contributed by atoms with Crippen molar-refractivity contribution < 1.29 is 4.79 Å². The molecule has 0 saturated carbocycles. The molecule has 0 radical (unpaired) electrons. The number of carbonyl (C=O) groups is 1. The van der Waals surface area contributed by atoms with E-state index in [0.29, 0.717) is 6.42 Å². The molecule has 0 aromatic heterocycles. The van der Waals surface area contributed by atoms with Crippen molar-refractivity contribution in [2.45, 2.75) is 32.1 Å². The van der Waals surface area contributed by atoms with E-state index in [9.17, 15) is 4.79 Å². The molecule has 1 saturated heterocycles. The maximum atomic E-state index is 12.4. The van der Waals surface area contributed by atoms with Gasteiger partial charge < -0.3 is 0 Å². The van der Waals surface area contributed by atoms with Crippen LogP contribution in [0.4, 0.5) is 0 Å². The SMILES string of the molecule is CN1CCN(NC(=O)CCCCCC[PH](c2ccccc2)(c2ccccc2)c2ccccc2)CC1. The van der Waals surface area contributed by atoms with Gasteiger partial charge >= 0.3 is 205 Å². The van der Waals surface area contributed by atoms with Gasteiger partial charge in [0.1, 0.15) is 0 Å². The second-order valence-electron chi connectivity index (χ2n) is 9.74. The quantitative estimate of drug-likeness (QED) is 0.327. The summed E-state index contributed by atoms with van der Waals surface area (Å²) in [4.78, 5) is 14.7. The number of unbranched alkanes of at least 4 members (excludes halogenated alkanes) is 3. The number of hydrogen-bond donors (Lipinski definition) is 1. The van der Waals surface area contributed by atoms with Crippen LogP contribution in [0, 0.1) is 0 Å². The third kappa shape index (κ3) is 6.79. The second-order valence-corrected chi connectivity index (χ2v) is 13.8. The zero-order chi connectivity index (χ0) is 24.3. The number of piperazine rings is 1. The standard InChI is InChI=1S/C30H40N3OP/c1-32-22-24-33(25-23-32)31-30(34)21-13-2-3-14-26-35(27-15-7-4-8-16-27,28-17-9-5-10-18-28)29-19-11-6-12-20-29/h4-12,15-20,35H,2-3,13-14,21-26H2,1H3,(H,31,34). The number of rotatable bonds is 11. The Morgan fingerprint density at radius 1 is 0.686 bits per heavy atom. The molecule has 1 fully saturated rings. The van der Waals surface area contributed by atoms with Crippen LogP contribution < -0.4 is 21.3 Å². The van der Waals surface area contributed by atoms with Crippen molar-refractivity contribution in [3.63, 3.8) is 0 Å². The van der Waals surface area contributed by atoms with Crippen LogP contribution in [0.15, 0.2) is 91.0 Å². The summed E-state index contributed by atoms with van der Waals surface area (Å²) < 4.78 is 0. The van der Waals surface area contributed by atoms with Crippen LogP contribution >= 0.6 is 7.26 Å². The van der Waals surface area contributed by atoms with Crippen molar-refractivity contribution in [2.24, 2.45) is 0 Å². The third-order valence-corrected chi connectivity index (χ3v) is 12.4. The van der Waals surface area contributed by atoms with Crippen LogP contribution in [0.1, 0.15) is 32.1 Å². The number of carbonyl (C=O) groups excluding carboxylic acids is 1. The molecule has 0 atom stereocenters. The number of benzene rings is 3. The number of nitrogens with one attached hydrogen (secondary N) is 1. The van der Waals surface area contributed by atoms with Crippen molar-refractivity contribution in [3.05, 3.63) is 91.0 Å². The van der Waals surface area contributed by atoms with Gasteiger partial charge in [-0.3, -0.25) is 0 Å². The maximum absolute atomic E-state index is 12.4. The van der Waals surface area contributed by atoms with Crippen molar-refractivity contribution >= 4 is 29.1 Å². The topological polar surface area (TPSA) is 35.6 Å². The summed E-state index contributed by atoms with van der Waals surface area (Å²) in [5.74, 6) is 0.163. The molecular formula is C30H40N3OP. The zero-order valence-electron chi connectivity index (χ0n) is 21.0. The second kappa shape index (κ2) is 13.0. The fourth-order valence-electron chi connectivity index (χ4n) is 5.28. The molecule has 1 heterocycles. The van der Waals surface area contributed by atoms with E-state index in [1.165, 1.54) is 28.5 Å². The zero-order valence-corrected chi connectivity index (χ0v) is 22.0. The minimum atomic E-state index is -2.13. The number of hydrazine groups is 1. The molecule has 35 heavy (non-hydrogen) atoms.